The highest BCUT2D eigenvalue weighted by Gasteiger charge is 2.22. The molecule has 0 amide bonds. The van der Waals surface area contributed by atoms with E-state index in [4.69, 9.17) is 0 Å². The molecule has 0 radical (unpaired) electrons. The van der Waals surface area contributed by atoms with Crippen LogP contribution < -0.4 is 5.32 Å². The van der Waals surface area contributed by atoms with Crippen LogP contribution in [0, 0.1) is 5.92 Å². The monoisotopic (exact) mass is 247 g/mol. The standard InChI is InChI=1S/C16H25NO/c1-13(14-8-4-2-5-9-14)17-16(12-18)15-10-6-3-7-11-15/h3,6-7,10-11,13-14,16-18H,2,4-5,8-9,12H2,1H3/t13?,16-/m0/s1. The van der Waals surface area contributed by atoms with Crippen molar-refractivity contribution in [3.8, 4) is 0 Å². The van der Waals surface area contributed by atoms with Gasteiger partial charge in [0.15, 0.2) is 0 Å². The molecular formula is C16H25NO. The van der Waals surface area contributed by atoms with E-state index in [0.29, 0.717) is 6.04 Å². The first-order valence-corrected chi connectivity index (χ1v) is 7.23. The third-order valence-corrected chi connectivity index (χ3v) is 4.21. The molecule has 1 aromatic carbocycles. The summed E-state index contributed by atoms with van der Waals surface area (Å²) in [5.41, 5.74) is 1.18. The quantitative estimate of drug-likeness (QED) is 0.837. The van der Waals surface area contributed by atoms with Gasteiger partial charge in [0.05, 0.1) is 12.6 Å². The Morgan fingerprint density at radius 2 is 1.83 bits per heavy atom. The maximum absolute atomic E-state index is 9.56. The predicted octanol–water partition coefficient (Wildman–Crippen LogP) is 3.28. The van der Waals surface area contributed by atoms with Gasteiger partial charge in [-0.25, -0.2) is 0 Å². The van der Waals surface area contributed by atoms with Crippen molar-refractivity contribution in [1.29, 1.82) is 0 Å². The fourth-order valence-corrected chi connectivity index (χ4v) is 3.03. The SMILES string of the molecule is CC(N[C@@H](CO)c1ccccc1)C1CCCCC1. The molecule has 1 aliphatic rings. The Labute approximate surface area is 110 Å². The van der Waals surface area contributed by atoms with Crippen LogP contribution in [0.5, 0.6) is 0 Å². The zero-order chi connectivity index (χ0) is 12.8. The zero-order valence-electron chi connectivity index (χ0n) is 11.3. The first-order valence-electron chi connectivity index (χ1n) is 7.23. The maximum Gasteiger partial charge on any atom is 0.0626 e. The molecule has 0 spiro atoms. The van der Waals surface area contributed by atoms with Crippen LogP contribution in [-0.4, -0.2) is 17.8 Å². The summed E-state index contributed by atoms with van der Waals surface area (Å²) < 4.78 is 0. The molecule has 0 bridgehead atoms. The van der Waals surface area contributed by atoms with Crippen molar-refractivity contribution < 1.29 is 5.11 Å². The van der Waals surface area contributed by atoms with Gasteiger partial charge < -0.3 is 10.4 Å². The Morgan fingerprint density at radius 1 is 1.17 bits per heavy atom. The Kier molecular flexibility index (Phi) is 5.21. The fraction of sp³-hybridized carbons (Fsp3) is 0.625. The van der Waals surface area contributed by atoms with E-state index in [-0.39, 0.29) is 12.6 Å². The van der Waals surface area contributed by atoms with Gasteiger partial charge >= 0.3 is 0 Å². The van der Waals surface area contributed by atoms with E-state index in [1.165, 1.54) is 37.7 Å². The number of aliphatic hydroxyl groups is 1. The molecule has 2 heteroatoms. The number of benzene rings is 1. The summed E-state index contributed by atoms with van der Waals surface area (Å²) in [6, 6.07) is 10.8. The molecule has 2 N–H and O–H groups in total. The van der Waals surface area contributed by atoms with Gasteiger partial charge in [-0.05, 0) is 31.2 Å². The lowest BCUT2D eigenvalue weighted by Crippen LogP contribution is -2.38. The summed E-state index contributed by atoms with van der Waals surface area (Å²) >= 11 is 0. The Morgan fingerprint density at radius 3 is 2.44 bits per heavy atom. The van der Waals surface area contributed by atoms with E-state index < -0.39 is 0 Å². The van der Waals surface area contributed by atoms with Crippen molar-refractivity contribution in [1.82, 2.24) is 5.32 Å². The molecule has 1 fully saturated rings. The smallest absolute Gasteiger partial charge is 0.0626 e. The molecule has 18 heavy (non-hydrogen) atoms. The van der Waals surface area contributed by atoms with Crippen LogP contribution in [0.2, 0.25) is 0 Å². The minimum atomic E-state index is 0.0723. The van der Waals surface area contributed by atoms with Crippen molar-refractivity contribution in [3.63, 3.8) is 0 Å². The largest absolute Gasteiger partial charge is 0.394 e. The van der Waals surface area contributed by atoms with Crippen molar-refractivity contribution in [2.45, 2.75) is 51.1 Å². The normalized spacial score (nSPS) is 20.6. The fourth-order valence-electron chi connectivity index (χ4n) is 3.03. The van der Waals surface area contributed by atoms with Crippen molar-refractivity contribution in [2.24, 2.45) is 5.92 Å². The van der Waals surface area contributed by atoms with Gasteiger partial charge in [0.2, 0.25) is 0 Å². The molecular weight excluding hydrogens is 222 g/mol. The zero-order valence-corrected chi connectivity index (χ0v) is 11.3. The summed E-state index contributed by atoms with van der Waals surface area (Å²) in [6.07, 6.45) is 6.80. The molecule has 2 atom stereocenters. The predicted molar refractivity (Wildman–Crippen MR) is 75.4 cm³/mol. The van der Waals surface area contributed by atoms with Gasteiger partial charge in [0.25, 0.3) is 0 Å². The van der Waals surface area contributed by atoms with Crippen LogP contribution in [0.4, 0.5) is 0 Å². The number of hydrogen-bond acceptors (Lipinski definition) is 2. The topological polar surface area (TPSA) is 32.3 Å². The second-order valence-corrected chi connectivity index (χ2v) is 5.50. The van der Waals surface area contributed by atoms with Gasteiger partial charge in [-0.15, -0.1) is 0 Å². The Hall–Kier alpha value is -0.860. The highest BCUT2D eigenvalue weighted by molar-refractivity contribution is 5.19. The number of nitrogens with one attached hydrogen (secondary N) is 1. The number of hydrogen-bond donors (Lipinski definition) is 2. The second kappa shape index (κ2) is 6.91. The molecule has 1 unspecified atom stereocenters. The van der Waals surface area contributed by atoms with E-state index in [9.17, 15) is 5.11 Å². The average Bonchev–Trinajstić information content (AvgIpc) is 2.46. The Bertz CT molecular complexity index is 332. The molecule has 0 heterocycles. The first kappa shape index (κ1) is 13.6. The highest BCUT2D eigenvalue weighted by atomic mass is 16.3. The van der Waals surface area contributed by atoms with Crippen LogP contribution in [0.3, 0.4) is 0 Å². The van der Waals surface area contributed by atoms with Gasteiger partial charge in [-0.1, -0.05) is 49.6 Å². The molecule has 1 aliphatic carbocycles. The van der Waals surface area contributed by atoms with Gasteiger partial charge in [-0.3, -0.25) is 0 Å². The van der Waals surface area contributed by atoms with E-state index in [1.807, 2.05) is 18.2 Å². The van der Waals surface area contributed by atoms with Crippen molar-refractivity contribution in [2.75, 3.05) is 6.61 Å². The third kappa shape index (κ3) is 3.56. The van der Waals surface area contributed by atoms with Crippen molar-refractivity contribution >= 4 is 0 Å². The van der Waals surface area contributed by atoms with Crippen LogP contribution >= 0.6 is 0 Å². The number of rotatable bonds is 5. The lowest BCUT2D eigenvalue weighted by atomic mass is 9.84. The lowest BCUT2D eigenvalue weighted by molar-refractivity contribution is 0.204. The van der Waals surface area contributed by atoms with Gasteiger partial charge in [0.1, 0.15) is 0 Å². The summed E-state index contributed by atoms with van der Waals surface area (Å²) in [5.74, 6) is 0.775. The molecule has 2 nitrogen and oxygen atoms in total. The summed E-state index contributed by atoms with van der Waals surface area (Å²) in [7, 11) is 0. The minimum Gasteiger partial charge on any atom is -0.394 e. The molecule has 100 valence electrons. The van der Waals surface area contributed by atoms with Crippen LogP contribution in [0.25, 0.3) is 0 Å². The summed E-state index contributed by atoms with van der Waals surface area (Å²) in [6.45, 7) is 2.43. The maximum atomic E-state index is 9.56. The molecule has 0 saturated heterocycles. The Balaban J connectivity index is 1.93. The summed E-state index contributed by atoms with van der Waals surface area (Å²) in [4.78, 5) is 0. The molecule has 0 aromatic heterocycles. The van der Waals surface area contributed by atoms with Crippen LogP contribution in [0.15, 0.2) is 30.3 Å². The van der Waals surface area contributed by atoms with Crippen molar-refractivity contribution in [3.05, 3.63) is 35.9 Å². The molecule has 1 aromatic rings. The molecule has 1 saturated carbocycles. The van der Waals surface area contributed by atoms with E-state index in [0.717, 1.165) is 5.92 Å². The number of aliphatic hydroxyl groups excluding tert-OH is 1. The first-order chi connectivity index (χ1) is 8.81. The highest BCUT2D eigenvalue weighted by Crippen LogP contribution is 2.27. The van der Waals surface area contributed by atoms with E-state index in [2.05, 4.69) is 24.4 Å². The molecule has 2 rings (SSSR count). The van der Waals surface area contributed by atoms with Gasteiger partial charge in [-0.2, -0.15) is 0 Å². The minimum absolute atomic E-state index is 0.0723. The molecule has 0 aliphatic heterocycles. The average molecular weight is 247 g/mol. The van der Waals surface area contributed by atoms with E-state index >= 15 is 0 Å². The van der Waals surface area contributed by atoms with Gasteiger partial charge in [0, 0.05) is 6.04 Å². The third-order valence-electron chi connectivity index (χ3n) is 4.21. The van der Waals surface area contributed by atoms with Crippen LogP contribution in [0.1, 0.15) is 50.6 Å². The summed E-state index contributed by atoms with van der Waals surface area (Å²) in [5, 5.41) is 13.2. The van der Waals surface area contributed by atoms with E-state index in [1.54, 1.807) is 0 Å². The van der Waals surface area contributed by atoms with Crippen LogP contribution in [-0.2, 0) is 0 Å². The second-order valence-electron chi connectivity index (χ2n) is 5.50. The lowest BCUT2D eigenvalue weighted by Gasteiger charge is -2.31.